The number of ether oxygens (including phenoxy) is 2. The Balaban J connectivity index is 0.00000363. The second-order valence-electron chi connectivity index (χ2n) is 7.58. The van der Waals surface area contributed by atoms with Gasteiger partial charge in [-0.2, -0.15) is 0 Å². The number of hydrogen-bond donors (Lipinski definition) is 1. The summed E-state index contributed by atoms with van der Waals surface area (Å²) < 4.78 is 11.9. The summed E-state index contributed by atoms with van der Waals surface area (Å²) >= 11 is 0. The van der Waals surface area contributed by atoms with Crippen molar-refractivity contribution < 1.29 is 19.1 Å². The van der Waals surface area contributed by atoms with E-state index in [0.717, 1.165) is 24.3 Å². The van der Waals surface area contributed by atoms with E-state index in [9.17, 15) is 9.59 Å². The van der Waals surface area contributed by atoms with E-state index in [4.69, 9.17) is 9.47 Å². The molecule has 0 aliphatic carbocycles. The van der Waals surface area contributed by atoms with Crippen molar-refractivity contribution >= 4 is 36.0 Å². The fraction of sp³-hybridized carbons (Fsp3) is 0.333. The number of likely N-dealkylation sites (N-methyl/N-ethyl adjacent to an activating group) is 1. The van der Waals surface area contributed by atoms with E-state index in [2.05, 4.69) is 5.43 Å². The second kappa shape index (κ2) is 11.5. The van der Waals surface area contributed by atoms with E-state index < -0.39 is 11.8 Å². The fourth-order valence-corrected chi connectivity index (χ4v) is 3.17. The van der Waals surface area contributed by atoms with Crippen molar-refractivity contribution in [3.63, 3.8) is 0 Å². The Morgan fingerprint density at radius 1 is 1.03 bits per heavy atom. The molecule has 2 aromatic rings. The lowest BCUT2D eigenvalue weighted by Gasteiger charge is -2.18. The van der Waals surface area contributed by atoms with Crippen molar-refractivity contribution in [3.8, 4) is 11.5 Å². The summed E-state index contributed by atoms with van der Waals surface area (Å²) in [7, 11) is 3.94. The van der Waals surface area contributed by atoms with Crippen LogP contribution in [0, 0.1) is 6.92 Å². The molecule has 0 spiro atoms. The van der Waals surface area contributed by atoms with Crippen LogP contribution in [0.4, 0.5) is 5.69 Å². The topological polar surface area (TPSA) is 71.1 Å². The highest BCUT2D eigenvalue weighted by Gasteiger charge is 2.34. The number of hydrazine groups is 1. The number of nitrogens with one attached hydrogen (secondary N) is 1. The van der Waals surface area contributed by atoms with E-state index >= 15 is 0 Å². The maximum atomic E-state index is 12.9. The van der Waals surface area contributed by atoms with Gasteiger partial charge in [-0.25, -0.2) is 5.01 Å². The minimum absolute atomic E-state index is 0. The Hall–Kier alpha value is -3.03. The van der Waals surface area contributed by atoms with Crippen molar-refractivity contribution in [1.29, 1.82) is 0 Å². The number of para-hydroxylation sites is 1. The van der Waals surface area contributed by atoms with Crippen LogP contribution in [-0.2, 0) is 9.59 Å². The number of carbonyl (C=O) groups is 2. The summed E-state index contributed by atoms with van der Waals surface area (Å²) in [5.41, 5.74) is 4.79. The number of benzene rings is 2. The minimum atomic E-state index is -0.447. The molecule has 3 rings (SSSR count). The van der Waals surface area contributed by atoms with Crippen molar-refractivity contribution in [3.05, 3.63) is 59.2 Å². The molecule has 32 heavy (non-hydrogen) atoms. The summed E-state index contributed by atoms with van der Waals surface area (Å²) in [6.07, 6.45) is 2.48. The maximum absolute atomic E-state index is 12.9. The zero-order valence-electron chi connectivity index (χ0n) is 18.9. The number of hydrogen-bond acceptors (Lipinski definition) is 5. The first kappa shape index (κ1) is 25.2. The summed E-state index contributed by atoms with van der Waals surface area (Å²) in [6.45, 7) is 5.77. The van der Waals surface area contributed by atoms with Crippen LogP contribution in [0.5, 0.6) is 11.5 Å². The normalized spacial score (nSPS) is 14.5. The average molecular weight is 460 g/mol. The monoisotopic (exact) mass is 459 g/mol. The number of nitrogens with zero attached hydrogens (tertiary/aromatic N) is 2. The largest absolute Gasteiger partial charge is 0.493 e. The highest BCUT2D eigenvalue weighted by molar-refractivity contribution is 6.31. The first-order valence-electron chi connectivity index (χ1n) is 10.4. The van der Waals surface area contributed by atoms with Crippen LogP contribution in [0.3, 0.4) is 0 Å². The molecule has 0 aromatic heterocycles. The molecular weight excluding hydrogens is 430 g/mol. The van der Waals surface area contributed by atoms with Gasteiger partial charge in [-0.15, -0.1) is 12.4 Å². The van der Waals surface area contributed by atoms with E-state index in [1.54, 1.807) is 18.2 Å². The summed E-state index contributed by atoms with van der Waals surface area (Å²) in [6, 6.07) is 12.7. The lowest BCUT2D eigenvalue weighted by molar-refractivity contribution is -0.117. The van der Waals surface area contributed by atoms with Gasteiger partial charge in [0.15, 0.2) is 0 Å². The smallest absolute Gasteiger partial charge is 0.282 e. The van der Waals surface area contributed by atoms with E-state index in [1.165, 1.54) is 5.01 Å². The van der Waals surface area contributed by atoms with Crippen LogP contribution >= 0.6 is 12.4 Å². The number of anilines is 1. The molecule has 1 aliphatic rings. The van der Waals surface area contributed by atoms with Gasteiger partial charge >= 0.3 is 0 Å². The first-order valence-corrected chi connectivity index (χ1v) is 10.4. The predicted octanol–water partition coefficient (Wildman–Crippen LogP) is 3.61. The molecule has 1 saturated heterocycles. The average Bonchev–Trinajstić information content (AvgIpc) is 3.03. The molecule has 1 heterocycles. The third kappa shape index (κ3) is 5.81. The number of halogens is 1. The summed E-state index contributed by atoms with van der Waals surface area (Å²) in [5, 5.41) is 1.26. The molecule has 8 heteroatoms. The number of amides is 2. The summed E-state index contributed by atoms with van der Waals surface area (Å²) in [5.74, 6) is 0.496. The second-order valence-corrected chi connectivity index (χ2v) is 7.58. The molecule has 0 atom stereocenters. The number of rotatable bonds is 9. The van der Waals surface area contributed by atoms with Gasteiger partial charge in [-0.1, -0.05) is 25.1 Å². The third-order valence-electron chi connectivity index (χ3n) is 4.84. The van der Waals surface area contributed by atoms with Gasteiger partial charge in [0, 0.05) is 17.7 Å². The zero-order chi connectivity index (χ0) is 22.4. The molecule has 1 fully saturated rings. The Bertz CT molecular complexity index is 977. The van der Waals surface area contributed by atoms with Gasteiger partial charge in [0.2, 0.25) is 0 Å². The van der Waals surface area contributed by atoms with Crippen LogP contribution in [0.25, 0.3) is 6.08 Å². The molecule has 7 nitrogen and oxygen atoms in total. The van der Waals surface area contributed by atoms with Gasteiger partial charge in [0.05, 0.1) is 12.3 Å². The molecule has 172 valence electrons. The molecule has 0 bridgehead atoms. The molecule has 0 saturated carbocycles. The van der Waals surface area contributed by atoms with E-state index in [-0.39, 0.29) is 18.0 Å². The standard InChI is InChI=1S/C24H29N3O4.ClH/c1-5-14-30-21-12-11-18(22(17(21)2)31-15-13-26(3)4)16-20-23(28)25-27(24(20)29)19-9-7-6-8-10-19;/h6-12,16H,5,13-15H2,1-4H3,(H,25,28);1H/b20-16-;. The van der Waals surface area contributed by atoms with Crippen LogP contribution in [-0.4, -0.2) is 50.6 Å². The highest BCUT2D eigenvalue weighted by atomic mass is 35.5. The minimum Gasteiger partial charge on any atom is -0.493 e. The van der Waals surface area contributed by atoms with Crippen molar-refractivity contribution in [2.24, 2.45) is 0 Å². The Labute approximate surface area is 195 Å². The quantitative estimate of drug-likeness (QED) is 0.458. The van der Waals surface area contributed by atoms with Gasteiger partial charge in [-0.3, -0.25) is 15.0 Å². The van der Waals surface area contributed by atoms with E-state index in [0.29, 0.717) is 30.2 Å². The van der Waals surface area contributed by atoms with Crippen molar-refractivity contribution in [1.82, 2.24) is 10.3 Å². The fourth-order valence-electron chi connectivity index (χ4n) is 3.17. The Morgan fingerprint density at radius 2 is 1.75 bits per heavy atom. The molecule has 0 radical (unpaired) electrons. The lowest BCUT2D eigenvalue weighted by Crippen LogP contribution is -2.35. The predicted molar refractivity (Wildman–Crippen MR) is 128 cm³/mol. The van der Waals surface area contributed by atoms with Gasteiger partial charge in [0.1, 0.15) is 23.7 Å². The molecular formula is C24H30ClN3O4. The van der Waals surface area contributed by atoms with Crippen LogP contribution in [0.1, 0.15) is 24.5 Å². The zero-order valence-corrected chi connectivity index (χ0v) is 19.7. The summed E-state index contributed by atoms with van der Waals surface area (Å²) in [4.78, 5) is 27.5. The first-order chi connectivity index (χ1) is 14.9. The maximum Gasteiger partial charge on any atom is 0.282 e. The van der Waals surface area contributed by atoms with Crippen LogP contribution < -0.4 is 19.9 Å². The van der Waals surface area contributed by atoms with Crippen LogP contribution in [0.2, 0.25) is 0 Å². The molecule has 1 aliphatic heterocycles. The van der Waals surface area contributed by atoms with Crippen molar-refractivity contribution in [2.45, 2.75) is 20.3 Å². The SMILES string of the molecule is CCCOc1ccc(/C=C2/C(=O)NN(c3ccccc3)C2=O)c(OCCN(C)C)c1C.Cl. The van der Waals surface area contributed by atoms with Crippen LogP contribution in [0.15, 0.2) is 48.0 Å². The molecule has 2 aromatic carbocycles. The Kier molecular flexibility index (Phi) is 9.11. The number of carbonyl (C=O) groups excluding carboxylic acids is 2. The van der Waals surface area contributed by atoms with Gasteiger partial charge < -0.3 is 14.4 Å². The van der Waals surface area contributed by atoms with Gasteiger partial charge in [0.25, 0.3) is 11.8 Å². The van der Waals surface area contributed by atoms with Gasteiger partial charge in [-0.05, 0) is 57.8 Å². The molecule has 0 unspecified atom stereocenters. The highest BCUT2D eigenvalue weighted by Crippen LogP contribution is 2.34. The molecule has 2 amide bonds. The van der Waals surface area contributed by atoms with Crippen molar-refractivity contribution in [2.75, 3.05) is 38.9 Å². The molecule has 1 N–H and O–H groups in total. The Morgan fingerprint density at radius 3 is 2.41 bits per heavy atom. The third-order valence-corrected chi connectivity index (χ3v) is 4.84. The lowest BCUT2D eigenvalue weighted by atomic mass is 10.0. The van der Waals surface area contributed by atoms with E-state index in [1.807, 2.05) is 63.2 Å².